The summed E-state index contributed by atoms with van der Waals surface area (Å²) in [6, 6.07) is 6.73. The van der Waals surface area contributed by atoms with Crippen LogP contribution in [0.15, 0.2) is 24.3 Å². The average molecular weight is 267 g/mol. The number of benzene rings is 1. The van der Waals surface area contributed by atoms with Crippen molar-refractivity contribution in [3.63, 3.8) is 0 Å². The molecule has 0 aliphatic carbocycles. The van der Waals surface area contributed by atoms with Crippen LogP contribution in [0.2, 0.25) is 0 Å². The minimum atomic E-state index is -3.58. The Balaban J connectivity index is 2.97. The van der Waals surface area contributed by atoms with Gasteiger partial charge in [-0.2, -0.15) is 13.1 Å². The van der Waals surface area contributed by atoms with Crippen molar-refractivity contribution >= 4 is 15.9 Å². The Bertz CT molecular complexity index is 556. The van der Waals surface area contributed by atoms with Crippen molar-refractivity contribution in [3.05, 3.63) is 29.8 Å². The maximum atomic E-state index is 11.7. The van der Waals surface area contributed by atoms with Gasteiger partial charge in [0.05, 0.1) is 12.2 Å². The lowest BCUT2D eigenvalue weighted by Gasteiger charge is -2.12. The van der Waals surface area contributed by atoms with Crippen LogP contribution in [-0.2, 0) is 10.2 Å². The maximum absolute atomic E-state index is 11.7. The van der Waals surface area contributed by atoms with Gasteiger partial charge in [-0.05, 0) is 26.0 Å². The lowest BCUT2D eigenvalue weighted by Crippen LogP contribution is -2.35. The molecule has 0 saturated heterocycles. The molecule has 0 heterocycles. The number of anilines is 1. The van der Waals surface area contributed by atoms with E-state index in [9.17, 15) is 8.42 Å². The first-order chi connectivity index (χ1) is 8.44. The first-order valence-corrected chi connectivity index (χ1v) is 7.01. The molecule has 0 amide bonds. The molecule has 0 aromatic heterocycles. The largest absolute Gasteiger partial charge is 0.320 e. The number of nitrogens with two attached hydrogens (primary N) is 1. The lowest BCUT2D eigenvalue weighted by atomic mass is 10.2. The molecule has 1 aromatic rings. The molecule has 18 heavy (non-hydrogen) atoms. The molecule has 0 aliphatic heterocycles. The Morgan fingerprint density at radius 3 is 2.61 bits per heavy atom. The molecule has 0 saturated carbocycles. The molecule has 0 aliphatic rings. The molecule has 4 N–H and O–H groups in total. The van der Waals surface area contributed by atoms with Gasteiger partial charge in [-0.3, -0.25) is 4.72 Å². The van der Waals surface area contributed by atoms with E-state index < -0.39 is 10.2 Å². The van der Waals surface area contributed by atoms with Crippen molar-refractivity contribution in [1.82, 2.24) is 4.72 Å². The van der Waals surface area contributed by atoms with Crippen molar-refractivity contribution in [2.45, 2.75) is 19.9 Å². The Morgan fingerprint density at radius 1 is 1.33 bits per heavy atom. The topological polar surface area (TPSA) is 84.2 Å². The smallest absolute Gasteiger partial charge is 0.299 e. The first-order valence-electron chi connectivity index (χ1n) is 5.52. The highest BCUT2D eigenvalue weighted by atomic mass is 32.2. The van der Waals surface area contributed by atoms with Crippen LogP contribution < -0.4 is 15.2 Å². The van der Waals surface area contributed by atoms with Gasteiger partial charge in [0.25, 0.3) is 10.2 Å². The van der Waals surface area contributed by atoms with Crippen LogP contribution in [0.1, 0.15) is 19.4 Å². The standard InChI is InChI=1S/C12H17N3O2S/c1-10(2)14-18(16,17)15-12-8-4-3-6-11(12)7-5-9-13/h3-4,6,8,10,14-15H,9,13H2,1-2H3. The third-order valence-corrected chi connectivity index (χ3v) is 3.16. The summed E-state index contributed by atoms with van der Waals surface area (Å²) in [6.45, 7) is 3.73. The Kier molecular flexibility index (Phi) is 5.16. The predicted molar refractivity (Wildman–Crippen MR) is 73.2 cm³/mol. The van der Waals surface area contributed by atoms with Crippen molar-refractivity contribution in [2.75, 3.05) is 11.3 Å². The maximum Gasteiger partial charge on any atom is 0.299 e. The second-order valence-electron chi connectivity index (χ2n) is 3.93. The lowest BCUT2D eigenvalue weighted by molar-refractivity contribution is 0.575. The van der Waals surface area contributed by atoms with Crippen LogP contribution in [0.4, 0.5) is 5.69 Å². The van der Waals surface area contributed by atoms with E-state index in [1.165, 1.54) is 0 Å². The fourth-order valence-corrected chi connectivity index (χ4v) is 2.46. The summed E-state index contributed by atoms with van der Waals surface area (Å²) >= 11 is 0. The minimum Gasteiger partial charge on any atom is -0.320 e. The van der Waals surface area contributed by atoms with Crippen LogP contribution in [0.25, 0.3) is 0 Å². The van der Waals surface area contributed by atoms with Gasteiger partial charge in [0.1, 0.15) is 0 Å². The molecule has 1 rings (SSSR count). The minimum absolute atomic E-state index is 0.176. The van der Waals surface area contributed by atoms with Gasteiger partial charge in [0.2, 0.25) is 0 Å². The molecule has 0 radical (unpaired) electrons. The van der Waals surface area contributed by atoms with Gasteiger partial charge < -0.3 is 5.73 Å². The monoisotopic (exact) mass is 267 g/mol. The highest BCUT2D eigenvalue weighted by Crippen LogP contribution is 2.14. The molecule has 1 aromatic carbocycles. The van der Waals surface area contributed by atoms with Gasteiger partial charge in [-0.15, -0.1) is 0 Å². The molecular formula is C12H17N3O2S. The van der Waals surface area contributed by atoms with E-state index in [0.717, 1.165) is 0 Å². The SMILES string of the molecule is CC(C)NS(=O)(=O)Nc1ccccc1C#CCN. The number of nitrogens with one attached hydrogen (secondary N) is 2. The summed E-state index contributed by atoms with van der Waals surface area (Å²) in [4.78, 5) is 0. The summed E-state index contributed by atoms with van der Waals surface area (Å²) < 4.78 is 28.4. The highest BCUT2D eigenvalue weighted by Gasteiger charge is 2.12. The van der Waals surface area contributed by atoms with Crippen LogP contribution in [-0.4, -0.2) is 21.0 Å². The molecule has 5 nitrogen and oxygen atoms in total. The molecule has 0 bridgehead atoms. The number of hydrogen-bond acceptors (Lipinski definition) is 3. The van der Waals surface area contributed by atoms with Crippen molar-refractivity contribution < 1.29 is 8.42 Å². The van der Waals surface area contributed by atoms with E-state index in [-0.39, 0.29) is 12.6 Å². The summed E-state index contributed by atoms with van der Waals surface area (Å²) in [5.74, 6) is 5.51. The quantitative estimate of drug-likeness (QED) is 0.700. The van der Waals surface area contributed by atoms with Crippen LogP contribution in [0, 0.1) is 11.8 Å². The van der Waals surface area contributed by atoms with Gasteiger partial charge >= 0.3 is 0 Å². The van der Waals surface area contributed by atoms with E-state index >= 15 is 0 Å². The molecule has 6 heteroatoms. The Hall–Kier alpha value is -1.55. The average Bonchev–Trinajstić information content (AvgIpc) is 2.25. The normalized spacial score (nSPS) is 10.9. The van der Waals surface area contributed by atoms with E-state index in [1.54, 1.807) is 38.1 Å². The summed E-state index contributed by atoms with van der Waals surface area (Å²) in [5, 5.41) is 0. The van der Waals surface area contributed by atoms with Crippen molar-refractivity contribution in [3.8, 4) is 11.8 Å². The van der Waals surface area contributed by atoms with E-state index in [4.69, 9.17) is 5.73 Å². The molecule has 0 atom stereocenters. The Morgan fingerprint density at radius 2 is 2.00 bits per heavy atom. The highest BCUT2D eigenvalue weighted by molar-refractivity contribution is 7.90. The van der Waals surface area contributed by atoms with Gasteiger partial charge in [0, 0.05) is 11.6 Å². The number of rotatable bonds is 4. The molecular weight excluding hydrogens is 250 g/mol. The van der Waals surface area contributed by atoms with Gasteiger partial charge in [0.15, 0.2) is 0 Å². The molecule has 0 unspecified atom stereocenters. The van der Waals surface area contributed by atoms with E-state index in [2.05, 4.69) is 21.3 Å². The molecule has 0 spiro atoms. The summed E-state index contributed by atoms with van der Waals surface area (Å²) in [6.07, 6.45) is 0. The summed E-state index contributed by atoms with van der Waals surface area (Å²) in [5.41, 5.74) is 6.33. The molecule has 0 fully saturated rings. The zero-order chi connectivity index (χ0) is 13.6. The summed E-state index contributed by atoms with van der Waals surface area (Å²) in [7, 11) is -3.58. The van der Waals surface area contributed by atoms with Crippen LogP contribution in [0.3, 0.4) is 0 Å². The zero-order valence-electron chi connectivity index (χ0n) is 10.4. The van der Waals surface area contributed by atoms with Gasteiger partial charge in [-0.25, -0.2) is 0 Å². The predicted octanol–water partition coefficient (Wildman–Crippen LogP) is 0.651. The van der Waals surface area contributed by atoms with E-state index in [0.29, 0.717) is 11.3 Å². The fraction of sp³-hybridized carbons (Fsp3) is 0.333. The first kappa shape index (κ1) is 14.5. The number of para-hydroxylation sites is 1. The Labute approximate surface area is 108 Å². The van der Waals surface area contributed by atoms with Crippen molar-refractivity contribution in [1.29, 1.82) is 0 Å². The third-order valence-electron chi connectivity index (χ3n) is 1.89. The zero-order valence-corrected chi connectivity index (χ0v) is 11.2. The fourth-order valence-electron chi connectivity index (χ4n) is 1.31. The van der Waals surface area contributed by atoms with Gasteiger partial charge in [-0.1, -0.05) is 24.0 Å². The van der Waals surface area contributed by atoms with E-state index in [1.807, 2.05) is 0 Å². The van der Waals surface area contributed by atoms with Crippen LogP contribution in [0.5, 0.6) is 0 Å². The third kappa shape index (κ3) is 4.75. The number of hydrogen-bond donors (Lipinski definition) is 3. The second kappa shape index (κ2) is 6.40. The molecule has 98 valence electrons. The second-order valence-corrected chi connectivity index (χ2v) is 5.38. The van der Waals surface area contributed by atoms with Crippen molar-refractivity contribution in [2.24, 2.45) is 5.73 Å². The van der Waals surface area contributed by atoms with Crippen LogP contribution >= 0.6 is 0 Å².